The monoisotopic (exact) mass is 188 g/mol. The van der Waals surface area contributed by atoms with E-state index in [1.165, 1.54) is 12.8 Å². The van der Waals surface area contributed by atoms with E-state index in [-0.39, 0.29) is 0 Å². The van der Waals surface area contributed by atoms with Crippen LogP contribution in [0.15, 0.2) is 0 Å². The first kappa shape index (κ1) is 8.53. The van der Waals surface area contributed by atoms with Gasteiger partial charge in [0.15, 0.2) is 0 Å². The van der Waals surface area contributed by atoms with Gasteiger partial charge in [-0.25, -0.2) is 0 Å². The van der Waals surface area contributed by atoms with E-state index in [0.717, 1.165) is 30.3 Å². The van der Waals surface area contributed by atoms with Crippen molar-refractivity contribution in [1.29, 1.82) is 0 Å². The van der Waals surface area contributed by atoms with E-state index in [9.17, 15) is 4.21 Å². The summed E-state index contributed by atoms with van der Waals surface area (Å²) >= 11 is 0. The third-order valence-corrected chi connectivity index (χ3v) is 5.33. The third kappa shape index (κ3) is 1.51. The lowest BCUT2D eigenvalue weighted by Crippen LogP contribution is -2.35. The maximum atomic E-state index is 12.2. The van der Waals surface area contributed by atoms with Crippen molar-refractivity contribution in [3.05, 3.63) is 0 Å². The van der Waals surface area contributed by atoms with Crippen molar-refractivity contribution in [2.24, 2.45) is 0 Å². The maximum Gasteiger partial charge on any atom is 0.0663 e. The van der Waals surface area contributed by atoms with Gasteiger partial charge in [0.05, 0.1) is 5.88 Å². The van der Waals surface area contributed by atoms with E-state index in [4.69, 9.17) is 0 Å². The van der Waals surface area contributed by atoms with Crippen LogP contribution in [0.3, 0.4) is 0 Å². The molecule has 3 nitrogen and oxygen atoms in total. The molecule has 4 heteroatoms. The largest absolute Gasteiger partial charge is 0.305 e. The Morgan fingerprint density at radius 2 is 2.17 bits per heavy atom. The fourth-order valence-electron chi connectivity index (χ4n) is 1.80. The van der Waals surface area contributed by atoms with E-state index >= 15 is 0 Å². The van der Waals surface area contributed by atoms with Crippen LogP contribution < -0.4 is 10.6 Å². The van der Waals surface area contributed by atoms with Crippen molar-refractivity contribution >= 4 is 14.5 Å². The van der Waals surface area contributed by atoms with E-state index in [1.807, 2.05) is 0 Å². The molecule has 1 unspecified atom stereocenters. The van der Waals surface area contributed by atoms with Crippen LogP contribution in [0.1, 0.15) is 19.3 Å². The topological polar surface area (TPSA) is 41.1 Å². The predicted octanol–water partition coefficient (Wildman–Crippen LogP) is -0.265. The summed E-state index contributed by atoms with van der Waals surface area (Å²) in [6.45, 7) is 1.94. The highest BCUT2D eigenvalue weighted by atomic mass is 32.2. The highest BCUT2D eigenvalue weighted by molar-refractivity contribution is 8.02. The van der Waals surface area contributed by atoms with Crippen LogP contribution in [0, 0.1) is 0 Å². The zero-order valence-corrected chi connectivity index (χ0v) is 8.08. The van der Waals surface area contributed by atoms with Gasteiger partial charge < -0.3 is 5.32 Å². The first-order valence-electron chi connectivity index (χ1n) is 4.61. The lowest BCUT2D eigenvalue weighted by molar-refractivity contribution is 0.665. The molecule has 0 aromatic heterocycles. The number of piperidine rings is 1. The summed E-state index contributed by atoms with van der Waals surface area (Å²) in [5.41, 5.74) is 0. The summed E-state index contributed by atoms with van der Waals surface area (Å²) in [4.78, 5) is 1.14. The van der Waals surface area contributed by atoms with Crippen molar-refractivity contribution in [1.82, 2.24) is 10.6 Å². The minimum Gasteiger partial charge on any atom is -0.305 e. The first-order valence-corrected chi connectivity index (χ1v) is 6.51. The Morgan fingerprint density at radius 1 is 1.25 bits per heavy atom. The Labute approximate surface area is 73.9 Å². The molecule has 0 spiro atoms. The standard InChI is InChI=1S/C8H16N2OS/c11-12(6-5-9-7-12)8-3-1-2-4-10-8/h9-10H,1-7H2. The number of hydrogen-bond donors (Lipinski definition) is 2. The molecule has 0 aromatic carbocycles. The van der Waals surface area contributed by atoms with Gasteiger partial charge >= 0.3 is 0 Å². The molecule has 2 heterocycles. The molecule has 1 atom stereocenters. The van der Waals surface area contributed by atoms with Gasteiger partial charge in [0, 0.05) is 33.4 Å². The van der Waals surface area contributed by atoms with E-state index in [1.54, 1.807) is 0 Å². The van der Waals surface area contributed by atoms with Gasteiger partial charge in [-0.1, -0.05) is 0 Å². The van der Waals surface area contributed by atoms with Crippen LogP contribution in [0.5, 0.6) is 0 Å². The molecule has 0 bridgehead atoms. The summed E-state index contributed by atoms with van der Waals surface area (Å²) in [6.07, 6.45) is 3.46. The van der Waals surface area contributed by atoms with Crippen LogP contribution in [0.2, 0.25) is 0 Å². The fraction of sp³-hybridized carbons (Fsp3) is 0.875. The molecular weight excluding hydrogens is 172 g/mol. The summed E-state index contributed by atoms with van der Waals surface area (Å²) in [5.74, 6) is 1.55. The maximum absolute atomic E-state index is 12.2. The lowest BCUT2D eigenvalue weighted by Gasteiger charge is -2.18. The van der Waals surface area contributed by atoms with E-state index < -0.39 is 9.52 Å². The summed E-state index contributed by atoms with van der Waals surface area (Å²) in [7, 11) is -1.66. The smallest absolute Gasteiger partial charge is 0.0663 e. The van der Waals surface area contributed by atoms with Crippen molar-refractivity contribution in [2.45, 2.75) is 19.3 Å². The van der Waals surface area contributed by atoms with Gasteiger partial charge in [-0.15, -0.1) is 0 Å². The van der Waals surface area contributed by atoms with Crippen molar-refractivity contribution in [2.75, 3.05) is 24.7 Å². The van der Waals surface area contributed by atoms with Crippen LogP contribution >= 0.6 is 0 Å². The third-order valence-electron chi connectivity index (χ3n) is 2.55. The van der Waals surface area contributed by atoms with Gasteiger partial charge in [0.1, 0.15) is 0 Å². The number of nitrogens with one attached hydrogen (secondary N) is 2. The minimum atomic E-state index is -1.66. The Bertz CT molecular complexity index is 259. The second kappa shape index (κ2) is 3.36. The second-order valence-corrected chi connectivity index (χ2v) is 6.28. The van der Waals surface area contributed by atoms with Crippen LogP contribution in [0.4, 0.5) is 0 Å². The molecule has 2 N–H and O–H groups in total. The van der Waals surface area contributed by atoms with Crippen molar-refractivity contribution < 1.29 is 4.21 Å². The van der Waals surface area contributed by atoms with Crippen LogP contribution in [0.25, 0.3) is 0 Å². The van der Waals surface area contributed by atoms with Crippen molar-refractivity contribution in [3.8, 4) is 0 Å². The molecule has 12 heavy (non-hydrogen) atoms. The average molecular weight is 188 g/mol. The SMILES string of the molecule is O=S1(=C2CCCCN2)CCNC1. The Hall–Kier alpha value is -0.0600. The first-order chi connectivity index (χ1) is 5.81. The molecule has 2 aliphatic rings. The quantitative estimate of drug-likeness (QED) is 0.514. The molecule has 2 fully saturated rings. The molecule has 2 rings (SSSR count). The predicted molar refractivity (Wildman–Crippen MR) is 52.7 cm³/mol. The molecule has 2 saturated heterocycles. The lowest BCUT2D eigenvalue weighted by atomic mass is 10.2. The van der Waals surface area contributed by atoms with Gasteiger partial charge in [-0.2, -0.15) is 0 Å². The normalized spacial score (nSPS) is 37.2. The van der Waals surface area contributed by atoms with Crippen molar-refractivity contribution in [3.63, 3.8) is 0 Å². The average Bonchev–Trinajstić information content (AvgIpc) is 2.55. The fourth-order valence-corrected chi connectivity index (χ4v) is 4.20. The molecule has 0 radical (unpaired) electrons. The molecule has 0 aromatic rings. The Balaban J connectivity index is 2.26. The van der Waals surface area contributed by atoms with Gasteiger partial charge in [-0.05, 0) is 19.3 Å². The molecule has 2 aliphatic heterocycles. The Kier molecular flexibility index (Phi) is 2.39. The minimum absolute atomic E-state index is 0.704. The van der Waals surface area contributed by atoms with Gasteiger partial charge in [0.25, 0.3) is 0 Å². The molecule has 0 amide bonds. The van der Waals surface area contributed by atoms with Gasteiger partial charge in [0.2, 0.25) is 0 Å². The molecule has 0 saturated carbocycles. The summed E-state index contributed by atoms with van der Waals surface area (Å²) in [6, 6.07) is 0. The zero-order valence-electron chi connectivity index (χ0n) is 7.27. The van der Waals surface area contributed by atoms with E-state index in [2.05, 4.69) is 10.6 Å². The van der Waals surface area contributed by atoms with Gasteiger partial charge in [-0.3, -0.25) is 9.53 Å². The summed E-state index contributed by atoms with van der Waals surface area (Å²) in [5, 5.41) is 6.48. The van der Waals surface area contributed by atoms with E-state index in [0.29, 0.717) is 5.88 Å². The molecular formula is C8H16N2OS. The number of hydrogen-bond acceptors (Lipinski definition) is 2. The highest BCUT2D eigenvalue weighted by Crippen LogP contribution is 2.08. The number of rotatable bonds is 0. The summed E-state index contributed by atoms with van der Waals surface area (Å²) < 4.78 is 12.2. The van der Waals surface area contributed by atoms with Crippen LogP contribution in [-0.2, 0) is 9.52 Å². The molecule has 70 valence electrons. The highest BCUT2D eigenvalue weighted by Gasteiger charge is 2.20. The second-order valence-electron chi connectivity index (χ2n) is 3.47. The van der Waals surface area contributed by atoms with Crippen LogP contribution in [-0.4, -0.2) is 33.9 Å². The zero-order chi connectivity index (χ0) is 8.44. The molecule has 0 aliphatic carbocycles. The Morgan fingerprint density at radius 3 is 2.75 bits per heavy atom.